The molecule has 1 saturated carbocycles. The second-order valence-electron chi connectivity index (χ2n) is 21.1. The summed E-state index contributed by atoms with van der Waals surface area (Å²) in [6.45, 7) is 18.7. The third-order valence-corrected chi connectivity index (χ3v) is 15.5. The number of methoxy groups -OCH3 is 2. The molecular weight excluding hydrogens is 805 g/mol. The van der Waals surface area contributed by atoms with Gasteiger partial charge in [0.05, 0.1) is 40.6 Å². The van der Waals surface area contributed by atoms with Crippen molar-refractivity contribution < 1.29 is 23.7 Å². The van der Waals surface area contributed by atoms with Gasteiger partial charge in [-0.1, -0.05) is 95.3 Å². The number of fused-ring (bicyclic) bond motifs is 10. The van der Waals surface area contributed by atoms with Gasteiger partial charge in [0.15, 0.2) is 5.60 Å². The molecule has 7 nitrogen and oxygen atoms in total. The van der Waals surface area contributed by atoms with Crippen LogP contribution >= 0.6 is 0 Å². The van der Waals surface area contributed by atoms with Crippen LogP contribution in [0.25, 0.3) is 39.1 Å². The quantitative estimate of drug-likeness (QED) is 0.161. The Labute approximate surface area is 385 Å². The first kappa shape index (κ1) is 42.2. The van der Waals surface area contributed by atoms with Crippen LogP contribution in [0.15, 0.2) is 115 Å². The molecule has 5 aromatic rings. The van der Waals surface area contributed by atoms with Crippen LogP contribution < -0.4 is 19.3 Å². The normalized spacial score (nSPS) is 24.8. The first-order valence-electron chi connectivity index (χ1n) is 23.9. The van der Waals surface area contributed by atoms with E-state index in [4.69, 9.17) is 23.7 Å². The third-order valence-electron chi connectivity index (χ3n) is 15.5. The second kappa shape index (κ2) is 15.8. The summed E-state index contributed by atoms with van der Waals surface area (Å²) in [5.74, 6) is 2.76. The Bertz CT molecular complexity index is 2720. The lowest BCUT2D eigenvalue weighted by Gasteiger charge is -2.52. The molecule has 3 unspecified atom stereocenters. The van der Waals surface area contributed by atoms with E-state index < -0.39 is 5.60 Å². The largest absolute Gasteiger partial charge is 0.497 e. The number of morpholine rings is 2. The average molecular weight is 869 g/mol. The number of ether oxygens (including phenoxy) is 5. The molecule has 7 heteroatoms. The van der Waals surface area contributed by atoms with Crippen LogP contribution in [0, 0.1) is 22.7 Å². The summed E-state index contributed by atoms with van der Waals surface area (Å²) >= 11 is 0. The van der Waals surface area contributed by atoms with Crippen LogP contribution in [-0.4, -0.2) is 66.8 Å². The number of hydrogen-bond acceptors (Lipinski definition) is 7. The topological polar surface area (TPSA) is 52.6 Å². The summed E-state index contributed by atoms with van der Waals surface area (Å²) in [4.78, 5) is 4.99. The van der Waals surface area contributed by atoms with Crippen molar-refractivity contribution in [2.45, 2.75) is 64.9 Å². The zero-order chi connectivity index (χ0) is 44.7. The van der Waals surface area contributed by atoms with E-state index in [0.29, 0.717) is 13.2 Å². The van der Waals surface area contributed by atoms with Gasteiger partial charge >= 0.3 is 0 Å². The van der Waals surface area contributed by atoms with E-state index in [-0.39, 0.29) is 28.1 Å². The van der Waals surface area contributed by atoms with Gasteiger partial charge < -0.3 is 33.5 Å². The van der Waals surface area contributed by atoms with Gasteiger partial charge in [-0.2, -0.15) is 0 Å². The molecule has 336 valence electrons. The van der Waals surface area contributed by atoms with E-state index in [2.05, 4.69) is 160 Å². The molecule has 65 heavy (non-hydrogen) atoms. The maximum Gasteiger partial charge on any atom is 0.159 e. The summed E-state index contributed by atoms with van der Waals surface area (Å²) in [6.07, 6.45) is 14.8. The fraction of sp³-hybridized carbons (Fsp3) is 0.414. The van der Waals surface area contributed by atoms with Crippen LogP contribution in [0.5, 0.6) is 11.5 Å². The van der Waals surface area contributed by atoms with Crippen molar-refractivity contribution in [3.63, 3.8) is 0 Å². The highest BCUT2D eigenvalue weighted by Gasteiger charge is 2.56. The van der Waals surface area contributed by atoms with E-state index in [1.54, 1.807) is 14.2 Å². The second-order valence-corrected chi connectivity index (χ2v) is 21.1. The van der Waals surface area contributed by atoms with Gasteiger partial charge in [0.25, 0.3) is 0 Å². The highest BCUT2D eigenvalue weighted by molar-refractivity contribution is 6.11. The van der Waals surface area contributed by atoms with E-state index >= 15 is 0 Å². The summed E-state index contributed by atoms with van der Waals surface area (Å²) in [5.41, 5.74) is 12.0. The molecule has 0 N–H and O–H groups in total. The maximum absolute atomic E-state index is 8.11. The van der Waals surface area contributed by atoms with Crippen LogP contribution in [-0.2, 0) is 25.2 Å². The lowest BCUT2D eigenvalue weighted by molar-refractivity contribution is 0.0520. The molecule has 0 bridgehead atoms. The number of allylic oxidation sites excluding steroid dienone is 2. The van der Waals surface area contributed by atoms with E-state index in [1.165, 1.54) is 62.1 Å². The maximum atomic E-state index is 8.11. The molecule has 3 aliphatic heterocycles. The van der Waals surface area contributed by atoms with Gasteiger partial charge in [0.1, 0.15) is 17.3 Å². The zero-order valence-corrected chi connectivity index (χ0v) is 39.3. The number of hydrogen-bond donors (Lipinski definition) is 0. The van der Waals surface area contributed by atoms with Crippen molar-refractivity contribution in [2.75, 3.05) is 76.6 Å². The minimum atomic E-state index is -0.835. The molecule has 0 aromatic heterocycles. The van der Waals surface area contributed by atoms with Crippen LogP contribution in [0.1, 0.15) is 76.1 Å². The molecule has 0 amide bonds. The lowest BCUT2D eigenvalue weighted by Crippen LogP contribution is -2.45. The number of anilines is 2. The van der Waals surface area contributed by atoms with E-state index in [9.17, 15) is 0 Å². The molecule has 11 rings (SSSR count). The van der Waals surface area contributed by atoms with E-state index in [0.717, 1.165) is 80.4 Å². The first-order valence-corrected chi connectivity index (χ1v) is 23.9. The monoisotopic (exact) mass is 868 g/mol. The predicted octanol–water partition coefficient (Wildman–Crippen LogP) is 12.3. The molecule has 3 aliphatic carbocycles. The molecule has 6 aliphatic rings. The molecule has 2 saturated heterocycles. The fourth-order valence-electron chi connectivity index (χ4n) is 13.5. The zero-order valence-electron chi connectivity index (χ0n) is 39.3. The Morgan fingerprint density at radius 1 is 0.677 bits per heavy atom. The van der Waals surface area contributed by atoms with Gasteiger partial charge in [-0.25, -0.2) is 0 Å². The Morgan fingerprint density at radius 2 is 1.35 bits per heavy atom. The molecule has 0 radical (unpaired) electrons. The number of rotatable bonds is 7. The predicted molar refractivity (Wildman–Crippen MR) is 264 cm³/mol. The Morgan fingerprint density at radius 3 is 2.02 bits per heavy atom. The Kier molecular flexibility index (Phi) is 10.3. The highest BCUT2D eigenvalue weighted by atomic mass is 16.5. The molecular formula is C58H64N2O5. The Balaban J connectivity index is 1.22. The van der Waals surface area contributed by atoms with Crippen LogP contribution in [0.3, 0.4) is 0 Å². The molecule has 3 atom stereocenters. The van der Waals surface area contributed by atoms with Crippen molar-refractivity contribution in [1.82, 2.24) is 0 Å². The summed E-state index contributed by atoms with van der Waals surface area (Å²) in [6, 6.07) is 32.2. The minimum Gasteiger partial charge on any atom is -0.497 e. The summed E-state index contributed by atoms with van der Waals surface area (Å²) in [7, 11) is 3.48. The van der Waals surface area contributed by atoms with E-state index in [1.807, 2.05) is 0 Å². The summed E-state index contributed by atoms with van der Waals surface area (Å²) in [5, 5.41) is 2.40. The van der Waals surface area contributed by atoms with Crippen LogP contribution in [0.4, 0.5) is 11.4 Å². The van der Waals surface area contributed by atoms with Crippen molar-refractivity contribution in [2.24, 2.45) is 22.7 Å². The molecule has 3 fully saturated rings. The lowest BCUT2D eigenvalue weighted by atomic mass is 9.52. The van der Waals surface area contributed by atoms with Gasteiger partial charge in [0, 0.05) is 71.0 Å². The number of benzene rings is 5. The van der Waals surface area contributed by atoms with Crippen molar-refractivity contribution in [3.8, 4) is 33.8 Å². The Hall–Kier alpha value is -5.50. The van der Waals surface area contributed by atoms with Crippen molar-refractivity contribution in [1.29, 1.82) is 0 Å². The third kappa shape index (κ3) is 6.99. The molecule has 5 aromatic carbocycles. The SMILES string of the molecule is COC1=CC(C)C(C2(c3ccc(OC)cc3)C=Cc3c4c(c5cc(N6CCOCC6)c(-c6ccc(N7CCOCC7)cc6)cc5c3O2)-c2ccccc2C42CC(C)(C)CC(C)(C)C2)C=C1. The van der Waals surface area contributed by atoms with Gasteiger partial charge in [-0.05, 0) is 124 Å². The minimum absolute atomic E-state index is 0.0268. The number of nitrogens with zero attached hydrogens (tertiary/aromatic N) is 2. The van der Waals surface area contributed by atoms with Crippen LogP contribution in [0.2, 0.25) is 0 Å². The highest BCUT2D eigenvalue weighted by Crippen LogP contribution is 2.67. The fourth-order valence-corrected chi connectivity index (χ4v) is 13.5. The first-order chi connectivity index (χ1) is 31.4. The van der Waals surface area contributed by atoms with Gasteiger partial charge in [-0.15, -0.1) is 0 Å². The van der Waals surface area contributed by atoms with Crippen molar-refractivity contribution >= 4 is 28.2 Å². The smallest absolute Gasteiger partial charge is 0.159 e. The van der Waals surface area contributed by atoms with Gasteiger partial charge in [0.2, 0.25) is 0 Å². The molecule has 3 heterocycles. The summed E-state index contributed by atoms with van der Waals surface area (Å²) < 4.78 is 31.3. The van der Waals surface area contributed by atoms with Gasteiger partial charge in [-0.3, -0.25) is 0 Å². The average Bonchev–Trinajstić information content (AvgIpc) is 3.58. The standard InChI is InChI=1S/C58H64N2O5/c1-38-32-43(62-7)20-21-49(38)58(40-14-18-42(61-6)19-15-40)23-22-45-53-52(44-10-8-9-11-50(44)57(53)36-55(2,3)35-56(4,5)37-57)47-34-51(60-26-30-64-31-27-60)46(33-48(47)54(45)65-58)39-12-16-41(17-13-39)59-24-28-63-29-25-59/h8-23,32-34,38,49H,24-31,35-37H2,1-7H3. The van der Waals surface area contributed by atoms with Crippen molar-refractivity contribution in [3.05, 3.63) is 137 Å². The molecule has 1 spiro atoms.